The fourth-order valence-corrected chi connectivity index (χ4v) is 2.07. The summed E-state index contributed by atoms with van der Waals surface area (Å²) in [5, 5.41) is 5.98. The molecule has 0 heterocycles. The van der Waals surface area contributed by atoms with E-state index in [4.69, 9.17) is 23.2 Å². The van der Waals surface area contributed by atoms with E-state index in [1.807, 2.05) is 6.92 Å². The molecule has 2 N–H and O–H groups in total. The fourth-order valence-electron chi connectivity index (χ4n) is 1.50. The molecular formula is C13H17Cl2FN2O. The van der Waals surface area contributed by atoms with Crippen LogP contribution in [0.1, 0.15) is 26.7 Å². The largest absolute Gasteiger partial charge is 0.371 e. The van der Waals surface area contributed by atoms with Gasteiger partial charge in [0, 0.05) is 6.54 Å². The Balaban J connectivity index is 2.66. The molecule has 1 unspecified atom stereocenters. The maximum absolute atomic E-state index is 13.0. The van der Waals surface area contributed by atoms with Gasteiger partial charge in [-0.2, -0.15) is 0 Å². The third-order valence-electron chi connectivity index (χ3n) is 2.59. The summed E-state index contributed by atoms with van der Waals surface area (Å²) in [5.41, 5.74) is 0.364. The first kappa shape index (κ1) is 16.1. The lowest BCUT2D eigenvalue weighted by atomic mass is 10.2. The van der Waals surface area contributed by atoms with Gasteiger partial charge in [0.25, 0.3) is 0 Å². The number of carbonyl (C=O) groups is 1. The number of halogens is 3. The number of nitrogens with one attached hydrogen (secondary N) is 2. The molecule has 106 valence electrons. The molecule has 6 heteroatoms. The summed E-state index contributed by atoms with van der Waals surface area (Å²) in [6.45, 7) is 4.37. The van der Waals surface area contributed by atoms with E-state index in [2.05, 4.69) is 10.6 Å². The fraction of sp³-hybridized carbons (Fsp3) is 0.462. The monoisotopic (exact) mass is 306 g/mol. The van der Waals surface area contributed by atoms with Crippen LogP contribution in [-0.4, -0.2) is 18.5 Å². The molecule has 0 radical (unpaired) electrons. The topological polar surface area (TPSA) is 41.1 Å². The van der Waals surface area contributed by atoms with Crippen molar-refractivity contribution in [2.75, 3.05) is 11.9 Å². The highest BCUT2D eigenvalue weighted by atomic mass is 35.5. The van der Waals surface area contributed by atoms with Gasteiger partial charge in [0.1, 0.15) is 11.9 Å². The molecule has 0 aromatic heterocycles. The second kappa shape index (κ2) is 7.56. The SMILES string of the molecule is CCCCNC(=O)C(C)Nc1c(Cl)cc(F)cc1Cl. The molecule has 19 heavy (non-hydrogen) atoms. The average Bonchev–Trinajstić information content (AvgIpc) is 2.33. The quantitative estimate of drug-likeness (QED) is 0.784. The number of unbranched alkanes of at least 4 members (excludes halogenated alkanes) is 1. The number of hydrogen-bond donors (Lipinski definition) is 2. The van der Waals surface area contributed by atoms with E-state index in [0.717, 1.165) is 25.0 Å². The number of rotatable bonds is 6. The van der Waals surface area contributed by atoms with E-state index in [1.54, 1.807) is 6.92 Å². The minimum atomic E-state index is -0.513. The molecule has 3 nitrogen and oxygen atoms in total. The minimum Gasteiger partial charge on any atom is -0.371 e. The lowest BCUT2D eigenvalue weighted by Gasteiger charge is -2.17. The Labute approximate surface area is 122 Å². The molecule has 0 saturated carbocycles. The molecule has 1 aromatic carbocycles. The smallest absolute Gasteiger partial charge is 0.242 e. The number of hydrogen-bond acceptors (Lipinski definition) is 2. The van der Waals surface area contributed by atoms with E-state index >= 15 is 0 Å². The van der Waals surface area contributed by atoms with Gasteiger partial charge in [-0.15, -0.1) is 0 Å². The van der Waals surface area contributed by atoms with Crippen molar-refractivity contribution in [3.63, 3.8) is 0 Å². The lowest BCUT2D eigenvalue weighted by molar-refractivity contribution is -0.121. The molecule has 1 amide bonds. The van der Waals surface area contributed by atoms with Gasteiger partial charge in [0.15, 0.2) is 0 Å². The van der Waals surface area contributed by atoms with E-state index in [1.165, 1.54) is 0 Å². The Bertz CT molecular complexity index is 431. The maximum Gasteiger partial charge on any atom is 0.242 e. The van der Waals surface area contributed by atoms with Crippen molar-refractivity contribution < 1.29 is 9.18 Å². The van der Waals surface area contributed by atoms with Gasteiger partial charge < -0.3 is 10.6 Å². The number of anilines is 1. The van der Waals surface area contributed by atoms with Gasteiger partial charge in [-0.1, -0.05) is 36.5 Å². The Morgan fingerprint density at radius 1 is 1.37 bits per heavy atom. The second-order valence-corrected chi connectivity index (χ2v) is 5.07. The maximum atomic E-state index is 13.0. The van der Waals surface area contributed by atoms with E-state index in [0.29, 0.717) is 12.2 Å². The van der Waals surface area contributed by atoms with Crippen LogP contribution >= 0.6 is 23.2 Å². The molecule has 1 rings (SSSR count). The zero-order valence-corrected chi connectivity index (χ0v) is 12.4. The molecule has 0 aliphatic carbocycles. The van der Waals surface area contributed by atoms with Crippen molar-refractivity contribution in [1.82, 2.24) is 5.32 Å². The summed E-state index contributed by atoms with van der Waals surface area (Å²) < 4.78 is 13.0. The molecule has 0 saturated heterocycles. The Morgan fingerprint density at radius 2 is 1.95 bits per heavy atom. The van der Waals surface area contributed by atoms with Gasteiger partial charge in [-0.3, -0.25) is 4.79 Å². The zero-order chi connectivity index (χ0) is 14.4. The average molecular weight is 307 g/mol. The normalized spacial score (nSPS) is 12.1. The van der Waals surface area contributed by atoms with Gasteiger partial charge in [0.2, 0.25) is 5.91 Å². The number of amides is 1. The third-order valence-corrected chi connectivity index (χ3v) is 3.19. The van der Waals surface area contributed by atoms with Gasteiger partial charge in [-0.05, 0) is 25.5 Å². The van der Waals surface area contributed by atoms with Crippen LogP contribution in [0.25, 0.3) is 0 Å². The summed E-state index contributed by atoms with van der Waals surface area (Å²) in [7, 11) is 0. The first-order valence-corrected chi connectivity index (χ1v) is 6.90. The predicted octanol–water partition coefficient (Wildman–Crippen LogP) is 3.85. The van der Waals surface area contributed by atoms with E-state index < -0.39 is 11.9 Å². The molecular weight excluding hydrogens is 290 g/mol. The summed E-state index contributed by atoms with van der Waals surface area (Å²) in [5.74, 6) is -0.662. The summed E-state index contributed by atoms with van der Waals surface area (Å²) in [6, 6.07) is 1.80. The van der Waals surface area contributed by atoms with Crippen LogP contribution in [0, 0.1) is 5.82 Å². The number of benzene rings is 1. The van der Waals surface area contributed by atoms with Crippen molar-refractivity contribution >= 4 is 34.8 Å². The summed E-state index contributed by atoms with van der Waals surface area (Å²) >= 11 is 11.8. The second-order valence-electron chi connectivity index (χ2n) is 4.26. The molecule has 0 spiro atoms. The lowest BCUT2D eigenvalue weighted by Crippen LogP contribution is -2.38. The highest BCUT2D eigenvalue weighted by molar-refractivity contribution is 6.39. The molecule has 1 atom stereocenters. The van der Waals surface area contributed by atoms with Crippen LogP contribution in [0.15, 0.2) is 12.1 Å². The van der Waals surface area contributed by atoms with Crippen LogP contribution < -0.4 is 10.6 Å². The molecule has 0 aliphatic heterocycles. The highest BCUT2D eigenvalue weighted by Crippen LogP contribution is 2.31. The molecule has 1 aromatic rings. The van der Waals surface area contributed by atoms with Gasteiger partial charge >= 0.3 is 0 Å². The predicted molar refractivity (Wildman–Crippen MR) is 77.4 cm³/mol. The van der Waals surface area contributed by atoms with Crippen LogP contribution in [0.5, 0.6) is 0 Å². The minimum absolute atomic E-state index is 0.148. The first-order valence-electron chi connectivity index (χ1n) is 6.14. The van der Waals surface area contributed by atoms with Crippen LogP contribution in [0.3, 0.4) is 0 Å². The summed E-state index contributed by atoms with van der Waals surface area (Å²) in [6.07, 6.45) is 1.94. The Hall–Kier alpha value is -1.00. The standard InChI is InChI=1S/C13H17Cl2FN2O/c1-3-4-5-17-13(19)8(2)18-12-10(14)6-9(16)7-11(12)15/h6-8,18H,3-5H2,1-2H3,(H,17,19). The van der Waals surface area contributed by atoms with Gasteiger partial charge in [0.05, 0.1) is 15.7 Å². The summed E-state index contributed by atoms with van der Waals surface area (Å²) in [4.78, 5) is 11.8. The third kappa shape index (κ3) is 4.88. The molecule has 0 fully saturated rings. The Morgan fingerprint density at radius 3 is 2.47 bits per heavy atom. The Kier molecular flexibility index (Phi) is 6.38. The zero-order valence-electron chi connectivity index (χ0n) is 10.9. The number of carbonyl (C=O) groups excluding carboxylic acids is 1. The van der Waals surface area contributed by atoms with Crippen molar-refractivity contribution in [2.24, 2.45) is 0 Å². The van der Waals surface area contributed by atoms with Crippen LogP contribution in [0.4, 0.5) is 10.1 Å². The van der Waals surface area contributed by atoms with Gasteiger partial charge in [-0.25, -0.2) is 4.39 Å². The highest BCUT2D eigenvalue weighted by Gasteiger charge is 2.16. The van der Waals surface area contributed by atoms with E-state index in [9.17, 15) is 9.18 Å². The van der Waals surface area contributed by atoms with Crippen LogP contribution in [0.2, 0.25) is 10.0 Å². The van der Waals surface area contributed by atoms with Crippen molar-refractivity contribution in [1.29, 1.82) is 0 Å². The molecule has 0 bridgehead atoms. The van der Waals surface area contributed by atoms with Crippen molar-refractivity contribution in [3.05, 3.63) is 28.0 Å². The van der Waals surface area contributed by atoms with Crippen LogP contribution in [-0.2, 0) is 4.79 Å². The van der Waals surface area contributed by atoms with Crippen molar-refractivity contribution in [3.8, 4) is 0 Å². The van der Waals surface area contributed by atoms with E-state index in [-0.39, 0.29) is 16.0 Å². The molecule has 0 aliphatic rings. The van der Waals surface area contributed by atoms with Crippen molar-refractivity contribution in [2.45, 2.75) is 32.7 Å². The first-order chi connectivity index (χ1) is 8.95.